The summed E-state index contributed by atoms with van der Waals surface area (Å²) in [6.07, 6.45) is 1.12. The third-order valence-electron chi connectivity index (χ3n) is 6.94. The van der Waals surface area contributed by atoms with Gasteiger partial charge in [0.05, 0.1) is 5.57 Å². The number of fused-ring (bicyclic) bond motifs is 1. The Morgan fingerprint density at radius 2 is 1.89 bits per heavy atom. The van der Waals surface area contributed by atoms with Crippen LogP contribution in [-0.4, -0.2) is 18.5 Å². The third-order valence-corrected chi connectivity index (χ3v) is 7.97. The van der Waals surface area contributed by atoms with E-state index in [4.69, 9.17) is 14.2 Å². The summed E-state index contributed by atoms with van der Waals surface area (Å²) in [5, 5.41) is 5.45. The number of allylic oxidation sites excluding steroid dienone is 3. The van der Waals surface area contributed by atoms with Crippen LogP contribution in [0.15, 0.2) is 88.6 Å². The van der Waals surface area contributed by atoms with Gasteiger partial charge >= 0.3 is 5.97 Å². The highest BCUT2D eigenvalue weighted by Crippen LogP contribution is 2.47. The van der Waals surface area contributed by atoms with Crippen molar-refractivity contribution < 1.29 is 23.8 Å². The van der Waals surface area contributed by atoms with E-state index in [2.05, 4.69) is 11.4 Å². The van der Waals surface area contributed by atoms with Crippen LogP contribution in [0.4, 0.5) is 0 Å². The summed E-state index contributed by atoms with van der Waals surface area (Å²) in [6.45, 7) is 2.19. The zero-order valence-corrected chi connectivity index (χ0v) is 20.6. The molecule has 3 aliphatic rings. The molecular weight excluding hydrogens is 474 g/mol. The van der Waals surface area contributed by atoms with E-state index in [9.17, 15) is 9.59 Å². The number of esters is 1. The minimum Gasteiger partial charge on any atom is -0.457 e. The number of benzene rings is 2. The highest BCUT2D eigenvalue weighted by atomic mass is 32.1. The first-order valence-corrected chi connectivity index (χ1v) is 12.8. The lowest BCUT2D eigenvalue weighted by Crippen LogP contribution is -2.36. The van der Waals surface area contributed by atoms with Crippen molar-refractivity contribution in [3.8, 4) is 11.5 Å². The van der Waals surface area contributed by atoms with Crippen LogP contribution in [0.1, 0.15) is 47.6 Å². The molecule has 7 heteroatoms. The molecule has 0 amide bonds. The molecular formula is C29H25NO5S. The number of nitrogens with one attached hydrogen (secondary N) is 1. The fourth-order valence-corrected chi connectivity index (χ4v) is 6.09. The molecule has 0 fully saturated rings. The van der Waals surface area contributed by atoms with Gasteiger partial charge in [-0.15, -0.1) is 11.3 Å². The standard InChI is InChI=1S/C29H25NO5S/c1-17-26(29(32)33-15-18-6-3-2-4-7-18)27(19-9-10-23-24(14-19)35-16-34-23)28-21(30-17)12-20(13-22(28)31)25-8-5-11-36-25/h2-11,14,20,27,30H,12-13,15-16H2,1H3/t20-,27-/m0/s1. The molecule has 2 atom stereocenters. The Labute approximate surface area is 213 Å². The number of ether oxygens (including phenoxy) is 3. The zero-order chi connectivity index (χ0) is 24.6. The molecule has 36 heavy (non-hydrogen) atoms. The number of hydrogen-bond donors (Lipinski definition) is 1. The largest absolute Gasteiger partial charge is 0.457 e. The molecule has 3 aromatic rings. The molecule has 2 aromatic carbocycles. The summed E-state index contributed by atoms with van der Waals surface area (Å²) >= 11 is 1.67. The minimum atomic E-state index is -0.546. The van der Waals surface area contributed by atoms with E-state index in [0.717, 1.165) is 16.8 Å². The van der Waals surface area contributed by atoms with E-state index >= 15 is 0 Å². The molecule has 6 nitrogen and oxygen atoms in total. The van der Waals surface area contributed by atoms with E-state index < -0.39 is 11.9 Å². The first-order valence-electron chi connectivity index (χ1n) is 12.0. The third kappa shape index (κ3) is 4.09. The predicted octanol–water partition coefficient (Wildman–Crippen LogP) is 5.58. The van der Waals surface area contributed by atoms with Gasteiger partial charge in [-0.1, -0.05) is 42.5 Å². The van der Waals surface area contributed by atoms with Crippen LogP contribution in [0, 0.1) is 0 Å². The highest BCUT2D eigenvalue weighted by Gasteiger charge is 2.42. The Morgan fingerprint density at radius 1 is 1.06 bits per heavy atom. The number of hydrogen-bond acceptors (Lipinski definition) is 7. The Hall–Kier alpha value is -3.84. The van der Waals surface area contributed by atoms with Crippen molar-refractivity contribution in [3.05, 3.63) is 105 Å². The van der Waals surface area contributed by atoms with Gasteiger partial charge in [0.1, 0.15) is 6.61 Å². The van der Waals surface area contributed by atoms with E-state index in [1.807, 2.05) is 66.9 Å². The molecule has 0 saturated heterocycles. The Morgan fingerprint density at radius 3 is 2.69 bits per heavy atom. The number of ketones is 1. The van der Waals surface area contributed by atoms with E-state index in [1.165, 1.54) is 4.88 Å². The van der Waals surface area contributed by atoms with E-state index in [1.54, 1.807) is 11.3 Å². The Bertz CT molecular complexity index is 1390. The number of carbonyl (C=O) groups is 2. The summed E-state index contributed by atoms with van der Waals surface area (Å²) in [5.41, 5.74) is 4.38. The van der Waals surface area contributed by atoms with Gasteiger partial charge in [0.25, 0.3) is 0 Å². The van der Waals surface area contributed by atoms with Crippen LogP contribution in [0.5, 0.6) is 11.5 Å². The van der Waals surface area contributed by atoms with Gasteiger partial charge in [0.2, 0.25) is 6.79 Å². The molecule has 1 aliphatic carbocycles. The number of Topliss-reactive ketones (excluding diaryl/α,β-unsaturated/α-hetero) is 1. The molecule has 2 aliphatic heterocycles. The minimum absolute atomic E-state index is 0.0469. The monoisotopic (exact) mass is 499 g/mol. The predicted molar refractivity (Wildman–Crippen MR) is 136 cm³/mol. The van der Waals surface area contributed by atoms with Crippen LogP contribution in [0.3, 0.4) is 0 Å². The fraction of sp³-hybridized carbons (Fsp3) is 0.241. The molecule has 182 valence electrons. The summed E-state index contributed by atoms with van der Waals surface area (Å²) in [6, 6.07) is 19.3. The van der Waals surface area contributed by atoms with Crippen molar-refractivity contribution in [1.82, 2.24) is 5.32 Å². The maximum atomic E-state index is 13.7. The van der Waals surface area contributed by atoms with Crippen molar-refractivity contribution in [3.63, 3.8) is 0 Å². The van der Waals surface area contributed by atoms with E-state index in [0.29, 0.717) is 41.2 Å². The number of dihydropyridines is 1. The Balaban J connectivity index is 1.39. The molecule has 0 spiro atoms. The summed E-state index contributed by atoms with van der Waals surface area (Å²) in [5.74, 6) is 0.458. The molecule has 0 saturated carbocycles. The first kappa shape index (κ1) is 22.6. The second-order valence-electron chi connectivity index (χ2n) is 9.21. The van der Waals surface area contributed by atoms with Crippen LogP contribution in [0.25, 0.3) is 0 Å². The smallest absolute Gasteiger partial charge is 0.337 e. The van der Waals surface area contributed by atoms with Gasteiger partial charge in [-0.2, -0.15) is 0 Å². The van der Waals surface area contributed by atoms with Gasteiger partial charge in [0, 0.05) is 40.1 Å². The van der Waals surface area contributed by atoms with Gasteiger partial charge < -0.3 is 19.5 Å². The quantitative estimate of drug-likeness (QED) is 0.462. The summed E-state index contributed by atoms with van der Waals surface area (Å²) < 4.78 is 16.9. The van der Waals surface area contributed by atoms with Gasteiger partial charge in [-0.3, -0.25) is 4.79 Å². The van der Waals surface area contributed by atoms with Crippen molar-refractivity contribution in [2.24, 2.45) is 0 Å². The van der Waals surface area contributed by atoms with Gasteiger partial charge in [-0.05, 0) is 48.1 Å². The van der Waals surface area contributed by atoms with Gasteiger partial charge in [0.15, 0.2) is 17.3 Å². The number of carbonyl (C=O) groups excluding carboxylic acids is 2. The lowest BCUT2D eigenvalue weighted by Gasteiger charge is -2.36. The second kappa shape index (κ2) is 9.32. The second-order valence-corrected chi connectivity index (χ2v) is 10.2. The van der Waals surface area contributed by atoms with Crippen LogP contribution >= 0.6 is 11.3 Å². The maximum absolute atomic E-state index is 13.7. The summed E-state index contributed by atoms with van der Waals surface area (Å²) in [4.78, 5) is 28.4. The molecule has 3 heterocycles. The zero-order valence-electron chi connectivity index (χ0n) is 19.8. The van der Waals surface area contributed by atoms with Crippen molar-refractivity contribution in [1.29, 1.82) is 0 Å². The first-order chi connectivity index (χ1) is 17.6. The average Bonchev–Trinajstić information content (AvgIpc) is 3.59. The van der Waals surface area contributed by atoms with Crippen LogP contribution in [0.2, 0.25) is 0 Å². The van der Waals surface area contributed by atoms with Crippen molar-refractivity contribution >= 4 is 23.1 Å². The number of rotatable bonds is 5. The topological polar surface area (TPSA) is 73.9 Å². The molecule has 0 radical (unpaired) electrons. The van der Waals surface area contributed by atoms with E-state index in [-0.39, 0.29) is 25.1 Å². The fourth-order valence-electron chi connectivity index (χ4n) is 5.26. The van der Waals surface area contributed by atoms with Crippen molar-refractivity contribution in [2.45, 2.75) is 38.2 Å². The lowest BCUT2D eigenvalue weighted by molar-refractivity contribution is -0.140. The van der Waals surface area contributed by atoms with Crippen molar-refractivity contribution in [2.75, 3.05) is 6.79 Å². The molecule has 6 rings (SSSR count). The highest BCUT2D eigenvalue weighted by molar-refractivity contribution is 7.10. The molecule has 0 bridgehead atoms. The molecule has 1 N–H and O–H groups in total. The molecule has 0 unspecified atom stereocenters. The van der Waals surface area contributed by atoms with Gasteiger partial charge in [-0.25, -0.2) is 4.79 Å². The average molecular weight is 500 g/mol. The lowest BCUT2D eigenvalue weighted by atomic mass is 9.72. The number of thiophene rings is 1. The normalized spacial score (nSPS) is 20.8. The maximum Gasteiger partial charge on any atom is 0.337 e. The SMILES string of the molecule is CC1=C(C(=O)OCc2ccccc2)[C@H](c2ccc3c(c2)OCO3)C2=C(C[C@H](c3cccs3)CC2=O)N1. The molecule has 1 aromatic heterocycles. The van der Waals surface area contributed by atoms with Crippen LogP contribution in [-0.2, 0) is 20.9 Å². The Kier molecular flexibility index (Phi) is 5.85. The van der Waals surface area contributed by atoms with Crippen LogP contribution < -0.4 is 14.8 Å². The summed E-state index contributed by atoms with van der Waals surface area (Å²) in [7, 11) is 0.